The van der Waals surface area contributed by atoms with Gasteiger partial charge in [0, 0.05) is 11.6 Å². The van der Waals surface area contributed by atoms with Crippen molar-refractivity contribution in [2.24, 2.45) is 5.73 Å². The van der Waals surface area contributed by atoms with Crippen molar-refractivity contribution in [1.82, 2.24) is 9.97 Å². The van der Waals surface area contributed by atoms with Gasteiger partial charge in [0.2, 0.25) is 0 Å². The van der Waals surface area contributed by atoms with Gasteiger partial charge in [0.15, 0.2) is 0 Å². The van der Waals surface area contributed by atoms with Crippen LogP contribution in [-0.2, 0) is 6.42 Å². The Hall–Kier alpha value is -0.830. The van der Waals surface area contributed by atoms with E-state index in [1.54, 1.807) is 0 Å². The molecule has 0 spiro atoms. The van der Waals surface area contributed by atoms with Crippen LogP contribution in [0.4, 0.5) is 0 Å². The summed E-state index contributed by atoms with van der Waals surface area (Å²) in [6, 6.07) is 0. The maximum absolute atomic E-state index is 5.47. The Balaban J connectivity index is 2.06. The second-order valence-corrected chi connectivity index (χ2v) is 3.86. The van der Waals surface area contributed by atoms with E-state index >= 15 is 0 Å². The summed E-state index contributed by atoms with van der Waals surface area (Å²) in [5, 5.41) is 0. The smallest absolute Gasteiger partial charge is 0.109 e. The molecule has 0 saturated heterocycles. The van der Waals surface area contributed by atoms with Crippen LogP contribution in [0.15, 0.2) is 0 Å². The molecule has 0 aromatic carbocycles. The first-order valence-corrected chi connectivity index (χ1v) is 5.06. The summed E-state index contributed by atoms with van der Waals surface area (Å²) in [5.41, 5.74) is 7.91. The molecule has 0 amide bonds. The molecule has 0 bridgehead atoms. The fraction of sp³-hybridized carbons (Fsp3) is 0.700. The summed E-state index contributed by atoms with van der Waals surface area (Å²) in [5.74, 6) is 1.93. The first-order chi connectivity index (χ1) is 6.31. The molecular weight excluding hydrogens is 162 g/mol. The first kappa shape index (κ1) is 8.75. The Morgan fingerprint density at radius 2 is 2.31 bits per heavy atom. The van der Waals surface area contributed by atoms with Gasteiger partial charge in [-0.05, 0) is 39.2 Å². The van der Waals surface area contributed by atoms with Crippen LogP contribution in [0.1, 0.15) is 42.4 Å². The molecule has 0 unspecified atom stereocenters. The quantitative estimate of drug-likeness (QED) is 0.735. The third kappa shape index (κ3) is 1.91. The van der Waals surface area contributed by atoms with E-state index in [1.807, 2.05) is 0 Å². The molecule has 1 fully saturated rings. The fourth-order valence-electron chi connectivity index (χ4n) is 1.58. The molecule has 0 atom stereocenters. The second-order valence-electron chi connectivity index (χ2n) is 3.86. The molecule has 3 N–H and O–H groups in total. The van der Waals surface area contributed by atoms with E-state index in [0.29, 0.717) is 0 Å². The predicted octanol–water partition coefficient (Wildman–Crippen LogP) is 1.49. The number of nitrogens with one attached hydrogen (secondary N) is 1. The zero-order valence-electron chi connectivity index (χ0n) is 8.14. The highest BCUT2D eigenvalue weighted by Gasteiger charge is 2.27. The number of aryl methyl sites for hydroxylation is 2. The molecular formula is C10H17N3. The summed E-state index contributed by atoms with van der Waals surface area (Å²) in [4.78, 5) is 7.96. The maximum Gasteiger partial charge on any atom is 0.109 e. The number of nitrogens with two attached hydrogens (primary N) is 1. The zero-order valence-corrected chi connectivity index (χ0v) is 8.14. The van der Waals surface area contributed by atoms with Crippen molar-refractivity contribution in [2.45, 2.75) is 38.5 Å². The van der Waals surface area contributed by atoms with E-state index in [2.05, 4.69) is 16.9 Å². The lowest BCUT2D eigenvalue weighted by atomic mass is 10.2. The Kier molecular flexibility index (Phi) is 2.36. The number of aromatic nitrogens is 2. The molecule has 2 rings (SSSR count). The van der Waals surface area contributed by atoms with E-state index in [-0.39, 0.29) is 0 Å². The average Bonchev–Trinajstić information content (AvgIpc) is 2.89. The maximum atomic E-state index is 5.47. The van der Waals surface area contributed by atoms with Crippen molar-refractivity contribution in [1.29, 1.82) is 0 Å². The lowest BCUT2D eigenvalue weighted by Gasteiger charge is -1.94. The summed E-state index contributed by atoms with van der Waals surface area (Å²) < 4.78 is 0. The molecule has 1 aromatic heterocycles. The SMILES string of the molecule is Cc1[nH]c(C2CC2)nc1CCCN. The average molecular weight is 179 g/mol. The standard InChI is InChI=1S/C10H17N3/c1-7-9(3-2-6-11)13-10(12-7)8-4-5-8/h8H,2-6,11H2,1H3,(H,12,13). The van der Waals surface area contributed by atoms with Crippen molar-refractivity contribution in [3.05, 3.63) is 17.2 Å². The largest absolute Gasteiger partial charge is 0.346 e. The zero-order chi connectivity index (χ0) is 9.26. The number of nitrogens with zero attached hydrogens (tertiary/aromatic N) is 1. The summed E-state index contributed by atoms with van der Waals surface area (Å²) in [7, 11) is 0. The predicted molar refractivity (Wildman–Crippen MR) is 52.7 cm³/mol. The van der Waals surface area contributed by atoms with E-state index in [0.717, 1.165) is 25.3 Å². The Bertz CT molecular complexity index is 286. The van der Waals surface area contributed by atoms with Crippen LogP contribution >= 0.6 is 0 Å². The topological polar surface area (TPSA) is 54.7 Å². The molecule has 3 nitrogen and oxygen atoms in total. The number of rotatable bonds is 4. The minimum absolute atomic E-state index is 0.727. The highest BCUT2D eigenvalue weighted by Crippen LogP contribution is 2.38. The number of hydrogen-bond donors (Lipinski definition) is 2. The van der Waals surface area contributed by atoms with Gasteiger partial charge in [-0.1, -0.05) is 0 Å². The molecule has 13 heavy (non-hydrogen) atoms. The van der Waals surface area contributed by atoms with Crippen molar-refractivity contribution in [2.75, 3.05) is 6.54 Å². The van der Waals surface area contributed by atoms with Crippen molar-refractivity contribution >= 4 is 0 Å². The molecule has 72 valence electrons. The molecule has 0 radical (unpaired) electrons. The van der Waals surface area contributed by atoms with Crippen LogP contribution in [-0.4, -0.2) is 16.5 Å². The monoisotopic (exact) mass is 179 g/mol. The highest BCUT2D eigenvalue weighted by atomic mass is 14.9. The van der Waals surface area contributed by atoms with Gasteiger partial charge in [0.25, 0.3) is 0 Å². The first-order valence-electron chi connectivity index (χ1n) is 5.06. The van der Waals surface area contributed by atoms with Gasteiger partial charge in [0.1, 0.15) is 5.82 Å². The second kappa shape index (κ2) is 3.50. The lowest BCUT2D eigenvalue weighted by molar-refractivity contribution is 0.806. The third-order valence-electron chi connectivity index (χ3n) is 2.59. The van der Waals surface area contributed by atoms with Crippen LogP contribution in [0.3, 0.4) is 0 Å². The van der Waals surface area contributed by atoms with E-state index in [4.69, 9.17) is 5.73 Å². The van der Waals surface area contributed by atoms with Crippen LogP contribution in [0.2, 0.25) is 0 Å². The number of H-pyrrole nitrogens is 1. The van der Waals surface area contributed by atoms with Gasteiger partial charge in [-0.15, -0.1) is 0 Å². The van der Waals surface area contributed by atoms with Gasteiger partial charge >= 0.3 is 0 Å². The Morgan fingerprint density at radius 3 is 2.92 bits per heavy atom. The summed E-state index contributed by atoms with van der Waals surface area (Å²) >= 11 is 0. The third-order valence-corrected chi connectivity index (χ3v) is 2.59. The molecule has 3 heteroatoms. The van der Waals surface area contributed by atoms with Gasteiger partial charge in [-0.2, -0.15) is 0 Å². The lowest BCUT2D eigenvalue weighted by Crippen LogP contribution is -2.01. The van der Waals surface area contributed by atoms with Gasteiger partial charge in [-0.25, -0.2) is 4.98 Å². The molecule has 0 aliphatic heterocycles. The van der Waals surface area contributed by atoms with Crippen LogP contribution < -0.4 is 5.73 Å². The molecule has 1 heterocycles. The van der Waals surface area contributed by atoms with Crippen molar-refractivity contribution in [3.8, 4) is 0 Å². The van der Waals surface area contributed by atoms with Crippen LogP contribution in [0.5, 0.6) is 0 Å². The van der Waals surface area contributed by atoms with E-state index in [1.165, 1.54) is 30.1 Å². The minimum Gasteiger partial charge on any atom is -0.346 e. The molecule has 1 saturated carbocycles. The summed E-state index contributed by atoms with van der Waals surface area (Å²) in [6.07, 6.45) is 4.67. The molecule has 1 aliphatic rings. The normalized spacial score (nSPS) is 16.5. The van der Waals surface area contributed by atoms with Crippen molar-refractivity contribution < 1.29 is 0 Å². The van der Waals surface area contributed by atoms with Crippen LogP contribution in [0, 0.1) is 6.92 Å². The highest BCUT2D eigenvalue weighted by molar-refractivity contribution is 5.17. The fourth-order valence-corrected chi connectivity index (χ4v) is 1.58. The number of aromatic amines is 1. The number of hydrogen-bond acceptors (Lipinski definition) is 2. The Morgan fingerprint density at radius 1 is 1.54 bits per heavy atom. The van der Waals surface area contributed by atoms with E-state index < -0.39 is 0 Å². The Labute approximate surface area is 78.7 Å². The summed E-state index contributed by atoms with van der Waals surface area (Å²) in [6.45, 7) is 2.86. The molecule has 1 aliphatic carbocycles. The minimum atomic E-state index is 0.727. The van der Waals surface area contributed by atoms with E-state index in [9.17, 15) is 0 Å². The number of imidazole rings is 1. The molecule has 1 aromatic rings. The van der Waals surface area contributed by atoms with Gasteiger partial charge < -0.3 is 10.7 Å². The van der Waals surface area contributed by atoms with Crippen molar-refractivity contribution in [3.63, 3.8) is 0 Å². The van der Waals surface area contributed by atoms with Crippen LogP contribution in [0.25, 0.3) is 0 Å². The van der Waals surface area contributed by atoms with Gasteiger partial charge in [-0.3, -0.25) is 0 Å². The van der Waals surface area contributed by atoms with Gasteiger partial charge in [0.05, 0.1) is 5.69 Å².